The van der Waals surface area contributed by atoms with Crippen LogP contribution >= 0.6 is 45.2 Å². The molecule has 0 aliphatic heterocycles. The monoisotopic (exact) mass is 770 g/mol. The second-order valence-electron chi connectivity index (χ2n) is 9.69. The van der Waals surface area contributed by atoms with Gasteiger partial charge in [-0.15, -0.1) is 0 Å². The average molecular weight is 770 g/mol. The smallest absolute Gasteiger partial charge is 0.327 e. The number of carbonyl (C=O) groups excluding carboxylic acids is 2. The van der Waals surface area contributed by atoms with E-state index >= 15 is 0 Å². The van der Waals surface area contributed by atoms with Gasteiger partial charge in [-0.2, -0.15) is 0 Å². The summed E-state index contributed by atoms with van der Waals surface area (Å²) in [7, 11) is 0. The summed E-state index contributed by atoms with van der Waals surface area (Å²) < 4.78 is 15.7. The third kappa shape index (κ3) is 5.87. The van der Waals surface area contributed by atoms with Gasteiger partial charge in [0.15, 0.2) is 11.5 Å². The van der Waals surface area contributed by atoms with E-state index in [9.17, 15) is 24.9 Å². The molecule has 0 spiro atoms. The van der Waals surface area contributed by atoms with Crippen molar-refractivity contribution in [3.63, 3.8) is 0 Å². The van der Waals surface area contributed by atoms with E-state index in [0.717, 1.165) is 0 Å². The standard InChI is InChI=1S/C30H28I2O8/c1-5-29(3,31)27(36)39-22-9-7-8-18-17(22)10-12-24(26(18)35)38-16-14-19-20(33)11-13-23(25(19)21(34)15-16)40-28(37)30(4,32)6-2/h7-15,33-35H,5-6H2,1-4H3. The van der Waals surface area contributed by atoms with Crippen LogP contribution in [0.3, 0.4) is 0 Å². The lowest BCUT2D eigenvalue weighted by atomic mass is 10.1. The van der Waals surface area contributed by atoms with E-state index in [1.54, 1.807) is 38.1 Å². The van der Waals surface area contributed by atoms with Crippen molar-refractivity contribution < 1.29 is 39.1 Å². The molecule has 0 radical (unpaired) electrons. The van der Waals surface area contributed by atoms with Crippen molar-refractivity contribution in [3.05, 3.63) is 54.6 Å². The summed E-state index contributed by atoms with van der Waals surface area (Å²) in [6.45, 7) is 7.31. The number of benzene rings is 4. The number of hydrogen-bond acceptors (Lipinski definition) is 8. The molecule has 0 aromatic heterocycles. The number of phenolic OH excluding ortho intramolecular Hbond substituents is 3. The van der Waals surface area contributed by atoms with Crippen molar-refractivity contribution in [2.45, 2.75) is 47.4 Å². The molecule has 210 valence electrons. The summed E-state index contributed by atoms with van der Waals surface area (Å²) in [6, 6.07) is 13.7. The lowest BCUT2D eigenvalue weighted by Crippen LogP contribution is -2.31. The molecule has 0 heterocycles. The number of phenols is 3. The molecule has 0 aliphatic carbocycles. The molecule has 0 saturated carbocycles. The minimum absolute atomic E-state index is 0.0766. The number of fused-ring (bicyclic) bond motifs is 2. The van der Waals surface area contributed by atoms with Crippen LogP contribution in [0.15, 0.2) is 54.6 Å². The highest BCUT2D eigenvalue weighted by atomic mass is 127. The molecular weight excluding hydrogens is 742 g/mol. The van der Waals surface area contributed by atoms with Gasteiger partial charge in [-0.1, -0.05) is 71.2 Å². The van der Waals surface area contributed by atoms with Crippen LogP contribution in [-0.4, -0.2) is 34.1 Å². The second-order valence-corrected chi connectivity index (χ2v) is 14.5. The highest BCUT2D eigenvalue weighted by molar-refractivity contribution is 14.1. The molecule has 2 unspecified atom stereocenters. The van der Waals surface area contributed by atoms with Crippen LogP contribution in [0, 0.1) is 0 Å². The van der Waals surface area contributed by atoms with Crippen LogP contribution in [0.2, 0.25) is 0 Å². The molecule has 3 N–H and O–H groups in total. The third-order valence-corrected chi connectivity index (χ3v) is 9.18. The lowest BCUT2D eigenvalue weighted by Gasteiger charge is -2.20. The maximum absolute atomic E-state index is 12.7. The summed E-state index contributed by atoms with van der Waals surface area (Å²) in [5.41, 5.74) is 0. The van der Waals surface area contributed by atoms with Crippen molar-refractivity contribution in [1.29, 1.82) is 0 Å². The fraction of sp³-hybridized carbons (Fsp3) is 0.267. The minimum Gasteiger partial charge on any atom is -0.507 e. The van der Waals surface area contributed by atoms with E-state index in [0.29, 0.717) is 29.4 Å². The number of hydrogen-bond donors (Lipinski definition) is 3. The molecule has 0 bridgehead atoms. The van der Waals surface area contributed by atoms with Gasteiger partial charge in [0, 0.05) is 22.2 Å². The Morgan fingerprint density at radius 1 is 0.725 bits per heavy atom. The largest absolute Gasteiger partial charge is 0.507 e. The minimum atomic E-state index is -0.766. The van der Waals surface area contributed by atoms with Gasteiger partial charge < -0.3 is 29.5 Å². The topological polar surface area (TPSA) is 123 Å². The Morgan fingerprint density at radius 2 is 1.32 bits per heavy atom. The van der Waals surface area contributed by atoms with E-state index in [1.165, 1.54) is 30.3 Å². The first kappa shape index (κ1) is 30.0. The zero-order chi connectivity index (χ0) is 29.4. The fourth-order valence-corrected chi connectivity index (χ4v) is 4.05. The first-order valence-electron chi connectivity index (χ1n) is 12.5. The van der Waals surface area contributed by atoms with Crippen LogP contribution in [0.25, 0.3) is 21.5 Å². The summed E-state index contributed by atoms with van der Waals surface area (Å²) in [5, 5.41) is 33.7. The fourth-order valence-electron chi connectivity index (χ4n) is 3.83. The van der Waals surface area contributed by atoms with E-state index in [-0.39, 0.29) is 45.3 Å². The van der Waals surface area contributed by atoms with E-state index < -0.39 is 18.8 Å². The van der Waals surface area contributed by atoms with Gasteiger partial charge in [-0.05, 0) is 63.1 Å². The quantitative estimate of drug-likeness (QED) is 0.0716. The highest BCUT2D eigenvalue weighted by Gasteiger charge is 2.32. The van der Waals surface area contributed by atoms with Crippen LogP contribution in [-0.2, 0) is 9.59 Å². The molecule has 4 aromatic rings. The Morgan fingerprint density at radius 3 is 1.95 bits per heavy atom. The Balaban J connectivity index is 1.70. The van der Waals surface area contributed by atoms with Crippen molar-refractivity contribution in [2.75, 3.05) is 0 Å². The summed E-state index contributed by atoms with van der Waals surface area (Å²) in [6.07, 6.45) is 1.14. The normalized spacial score (nSPS) is 14.3. The predicted octanol–water partition coefficient (Wildman–Crippen LogP) is 7.92. The SMILES string of the molecule is CCC(C)(I)C(=O)Oc1cccc2c(O)c(Oc3cc(O)c4c(OC(=O)C(C)(I)CC)ccc(O)c4c3)ccc12. The number of carbonyl (C=O) groups is 2. The van der Waals surface area contributed by atoms with Crippen LogP contribution in [0.1, 0.15) is 40.5 Å². The molecule has 0 amide bonds. The molecule has 2 atom stereocenters. The van der Waals surface area contributed by atoms with Crippen LogP contribution in [0.5, 0.6) is 40.2 Å². The van der Waals surface area contributed by atoms with Crippen molar-refractivity contribution in [2.24, 2.45) is 0 Å². The molecule has 8 nitrogen and oxygen atoms in total. The Bertz CT molecular complexity index is 1630. The molecule has 4 rings (SSSR count). The van der Waals surface area contributed by atoms with Gasteiger partial charge in [-0.25, -0.2) is 0 Å². The van der Waals surface area contributed by atoms with Gasteiger partial charge in [0.1, 0.15) is 35.6 Å². The van der Waals surface area contributed by atoms with E-state index in [4.69, 9.17) is 14.2 Å². The second kappa shape index (κ2) is 11.5. The molecular formula is C30H28I2O8. The van der Waals surface area contributed by atoms with Gasteiger partial charge in [-0.3, -0.25) is 9.59 Å². The lowest BCUT2D eigenvalue weighted by molar-refractivity contribution is -0.136. The zero-order valence-electron chi connectivity index (χ0n) is 22.2. The summed E-state index contributed by atoms with van der Waals surface area (Å²) >= 11 is 4.07. The van der Waals surface area contributed by atoms with Crippen molar-refractivity contribution in [1.82, 2.24) is 0 Å². The van der Waals surface area contributed by atoms with E-state index in [1.807, 2.05) is 36.4 Å². The highest BCUT2D eigenvalue weighted by Crippen LogP contribution is 2.45. The number of aromatic hydroxyl groups is 3. The van der Waals surface area contributed by atoms with Gasteiger partial charge in [0.2, 0.25) is 0 Å². The van der Waals surface area contributed by atoms with Crippen molar-refractivity contribution >= 4 is 78.7 Å². The number of rotatable bonds is 8. The Labute approximate surface area is 258 Å². The first-order chi connectivity index (χ1) is 18.8. The van der Waals surface area contributed by atoms with Gasteiger partial charge in [0.05, 0.1) is 5.39 Å². The van der Waals surface area contributed by atoms with Crippen LogP contribution in [0.4, 0.5) is 0 Å². The number of halogens is 2. The Hall–Kier alpha value is -3.00. The maximum Gasteiger partial charge on any atom is 0.327 e. The average Bonchev–Trinajstić information content (AvgIpc) is 2.92. The number of ether oxygens (including phenoxy) is 3. The maximum atomic E-state index is 12.7. The molecule has 40 heavy (non-hydrogen) atoms. The Kier molecular flexibility index (Phi) is 8.60. The molecule has 4 aromatic carbocycles. The van der Waals surface area contributed by atoms with Gasteiger partial charge >= 0.3 is 11.9 Å². The van der Waals surface area contributed by atoms with Crippen molar-refractivity contribution in [3.8, 4) is 40.2 Å². The zero-order valence-corrected chi connectivity index (χ0v) is 26.6. The molecule has 0 aliphatic rings. The number of esters is 2. The van der Waals surface area contributed by atoms with Gasteiger partial charge in [0.25, 0.3) is 0 Å². The predicted molar refractivity (Wildman–Crippen MR) is 170 cm³/mol. The summed E-state index contributed by atoms with van der Waals surface area (Å²) in [5.74, 6) is -0.915. The summed E-state index contributed by atoms with van der Waals surface area (Å²) in [4.78, 5) is 25.3. The molecule has 0 saturated heterocycles. The third-order valence-electron chi connectivity index (χ3n) is 6.77. The molecule has 10 heteroatoms. The van der Waals surface area contributed by atoms with Crippen LogP contribution < -0.4 is 14.2 Å². The first-order valence-corrected chi connectivity index (χ1v) is 14.7. The van der Waals surface area contributed by atoms with E-state index in [2.05, 4.69) is 22.6 Å². The molecule has 0 fully saturated rings. The number of alkyl halides is 2.